The molecule has 0 rings (SSSR count). The Morgan fingerprint density at radius 1 is 1.38 bits per heavy atom. The third kappa shape index (κ3) is 3.93. The molecule has 0 N–H and O–H groups in total. The van der Waals surface area contributed by atoms with Gasteiger partial charge in [-0.15, -0.1) is 0 Å². The molecule has 0 amide bonds. The smallest absolute Gasteiger partial charge is 0.0991 e. The number of hydrogen-bond acceptors (Lipinski definition) is 1. The van der Waals surface area contributed by atoms with Crippen LogP contribution in [0.2, 0.25) is 0 Å². The van der Waals surface area contributed by atoms with E-state index in [1.54, 1.807) is 24.3 Å². The molecule has 0 aromatic heterocycles. The highest BCUT2D eigenvalue weighted by atomic mass is 14.2. The summed E-state index contributed by atoms with van der Waals surface area (Å²) in [6.07, 6.45) is 6.63. The van der Waals surface area contributed by atoms with E-state index in [9.17, 15) is 0 Å². The fourth-order valence-corrected chi connectivity index (χ4v) is 0.769. The van der Waals surface area contributed by atoms with Crippen LogP contribution < -0.4 is 0 Å². The van der Waals surface area contributed by atoms with E-state index in [0.717, 1.165) is 11.1 Å². The standard InChI is InChI=1S/C12H13N/c1-5-7-11(9-13)8-12(6-2)10(3)4/h5-8H,1-3H2,4H3/b11-7+,12-8+. The molecular formula is C12H13N. The number of nitrogens with zero attached hydrogens (tertiary/aromatic N) is 1. The van der Waals surface area contributed by atoms with Gasteiger partial charge in [0.05, 0.1) is 11.6 Å². The molecule has 0 spiro atoms. The summed E-state index contributed by atoms with van der Waals surface area (Å²) in [6.45, 7) is 12.8. The van der Waals surface area contributed by atoms with E-state index in [1.165, 1.54) is 0 Å². The Labute approximate surface area is 79.7 Å². The summed E-state index contributed by atoms with van der Waals surface area (Å²) in [5.41, 5.74) is 2.31. The van der Waals surface area contributed by atoms with Gasteiger partial charge in [-0.3, -0.25) is 0 Å². The van der Waals surface area contributed by atoms with Crippen LogP contribution in [0.3, 0.4) is 0 Å². The molecule has 0 radical (unpaired) electrons. The summed E-state index contributed by atoms with van der Waals surface area (Å²) in [4.78, 5) is 0. The fraction of sp³-hybridized carbons (Fsp3) is 0.0833. The van der Waals surface area contributed by atoms with Gasteiger partial charge in [-0.25, -0.2) is 0 Å². The normalized spacial score (nSPS) is 11.7. The van der Waals surface area contributed by atoms with E-state index < -0.39 is 0 Å². The van der Waals surface area contributed by atoms with E-state index in [0.29, 0.717) is 5.57 Å². The molecule has 0 saturated carbocycles. The molecule has 0 fully saturated rings. The third-order valence-corrected chi connectivity index (χ3v) is 1.45. The lowest BCUT2D eigenvalue weighted by molar-refractivity contribution is 1.43. The minimum absolute atomic E-state index is 0.549. The molecule has 1 nitrogen and oxygen atoms in total. The van der Waals surface area contributed by atoms with Crippen LogP contribution in [0.4, 0.5) is 0 Å². The quantitative estimate of drug-likeness (QED) is 0.470. The van der Waals surface area contributed by atoms with Crippen LogP contribution in [0.25, 0.3) is 0 Å². The van der Waals surface area contributed by atoms with Gasteiger partial charge in [-0.05, 0) is 24.6 Å². The van der Waals surface area contributed by atoms with Crippen molar-refractivity contribution in [2.45, 2.75) is 6.92 Å². The van der Waals surface area contributed by atoms with E-state index in [4.69, 9.17) is 5.26 Å². The minimum Gasteiger partial charge on any atom is -0.192 e. The fourth-order valence-electron chi connectivity index (χ4n) is 0.769. The van der Waals surface area contributed by atoms with E-state index in [-0.39, 0.29) is 0 Å². The van der Waals surface area contributed by atoms with Crippen LogP contribution in [0.1, 0.15) is 6.92 Å². The Morgan fingerprint density at radius 3 is 2.31 bits per heavy atom. The molecule has 0 bridgehead atoms. The Hall–Kier alpha value is -1.81. The highest BCUT2D eigenvalue weighted by Gasteiger charge is 1.94. The number of hydrogen-bond donors (Lipinski definition) is 0. The largest absolute Gasteiger partial charge is 0.192 e. The van der Waals surface area contributed by atoms with Crippen molar-refractivity contribution >= 4 is 0 Å². The highest BCUT2D eigenvalue weighted by Crippen LogP contribution is 2.11. The van der Waals surface area contributed by atoms with Crippen LogP contribution in [0.5, 0.6) is 0 Å². The lowest BCUT2D eigenvalue weighted by Gasteiger charge is -1.98. The van der Waals surface area contributed by atoms with Gasteiger partial charge >= 0.3 is 0 Å². The highest BCUT2D eigenvalue weighted by molar-refractivity contribution is 5.46. The molecule has 0 saturated heterocycles. The zero-order chi connectivity index (χ0) is 10.3. The summed E-state index contributed by atoms with van der Waals surface area (Å²) in [7, 11) is 0. The second kappa shape index (κ2) is 5.79. The summed E-state index contributed by atoms with van der Waals surface area (Å²) >= 11 is 0. The maximum Gasteiger partial charge on any atom is 0.0991 e. The lowest BCUT2D eigenvalue weighted by atomic mass is 10.1. The van der Waals surface area contributed by atoms with Crippen molar-refractivity contribution in [1.29, 1.82) is 5.26 Å². The maximum atomic E-state index is 8.71. The minimum atomic E-state index is 0.549. The molecule has 0 aliphatic heterocycles. The molecular weight excluding hydrogens is 158 g/mol. The van der Waals surface area contributed by atoms with Gasteiger partial charge in [-0.2, -0.15) is 5.26 Å². The van der Waals surface area contributed by atoms with Gasteiger partial charge in [0, 0.05) is 0 Å². The van der Waals surface area contributed by atoms with Crippen molar-refractivity contribution in [2.75, 3.05) is 0 Å². The molecule has 0 aromatic carbocycles. The van der Waals surface area contributed by atoms with E-state index in [1.807, 2.05) is 13.0 Å². The first-order valence-electron chi connectivity index (χ1n) is 3.88. The first kappa shape index (κ1) is 11.2. The van der Waals surface area contributed by atoms with Crippen molar-refractivity contribution in [2.24, 2.45) is 0 Å². The van der Waals surface area contributed by atoms with Crippen LogP contribution >= 0.6 is 0 Å². The van der Waals surface area contributed by atoms with Crippen molar-refractivity contribution in [3.05, 3.63) is 60.8 Å². The average Bonchev–Trinajstić information content (AvgIpc) is 2.11. The summed E-state index contributed by atoms with van der Waals surface area (Å²) in [5.74, 6) is 0. The molecule has 66 valence electrons. The lowest BCUT2D eigenvalue weighted by Crippen LogP contribution is -1.80. The number of rotatable bonds is 4. The third-order valence-electron chi connectivity index (χ3n) is 1.45. The number of nitriles is 1. The Bertz CT molecular complexity index is 322. The van der Waals surface area contributed by atoms with Crippen LogP contribution in [0, 0.1) is 11.3 Å². The first-order valence-corrected chi connectivity index (χ1v) is 3.88. The molecule has 0 atom stereocenters. The molecule has 0 aliphatic rings. The topological polar surface area (TPSA) is 23.8 Å². The van der Waals surface area contributed by atoms with Crippen molar-refractivity contribution in [1.82, 2.24) is 0 Å². The Morgan fingerprint density at radius 2 is 2.00 bits per heavy atom. The van der Waals surface area contributed by atoms with E-state index in [2.05, 4.69) is 19.7 Å². The Kier molecular flexibility index (Phi) is 4.99. The van der Waals surface area contributed by atoms with Gasteiger partial charge < -0.3 is 0 Å². The Balaban J connectivity index is 4.99. The van der Waals surface area contributed by atoms with E-state index >= 15 is 0 Å². The van der Waals surface area contributed by atoms with Crippen molar-refractivity contribution in [3.63, 3.8) is 0 Å². The predicted octanol–water partition coefficient (Wildman–Crippen LogP) is 3.31. The van der Waals surface area contributed by atoms with Crippen LogP contribution in [-0.4, -0.2) is 0 Å². The molecule has 0 aliphatic carbocycles. The molecule has 0 heterocycles. The zero-order valence-electron chi connectivity index (χ0n) is 7.88. The number of allylic oxidation sites excluding steroid dienone is 7. The predicted molar refractivity (Wildman–Crippen MR) is 57.0 cm³/mol. The van der Waals surface area contributed by atoms with Gasteiger partial charge in [0.1, 0.15) is 0 Å². The summed E-state index contributed by atoms with van der Waals surface area (Å²) < 4.78 is 0. The van der Waals surface area contributed by atoms with Gasteiger partial charge in [0.25, 0.3) is 0 Å². The van der Waals surface area contributed by atoms with Gasteiger partial charge in [0.15, 0.2) is 0 Å². The summed E-state index contributed by atoms with van der Waals surface area (Å²) in [5, 5.41) is 8.71. The second-order valence-corrected chi connectivity index (χ2v) is 2.55. The van der Waals surface area contributed by atoms with Crippen LogP contribution in [0.15, 0.2) is 60.8 Å². The molecule has 13 heavy (non-hydrogen) atoms. The maximum absolute atomic E-state index is 8.71. The SMILES string of the molecule is C=C/C=C(C#N)\C=C(/C=C)C(=C)C. The zero-order valence-corrected chi connectivity index (χ0v) is 7.88. The van der Waals surface area contributed by atoms with Crippen molar-refractivity contribution < 1.29 is 0 Å². The summed E-state index contributed by atoms with van der Waals surface area (Å²) in [6, 6.07) is 2.05. The van der Waals surface area contributed by atoms with Crippen LogP contribution in [-0.2, 0) is 0 Å². The molecule has 1 heteroatoms. The molecule has 0 unspecified atom stereocenters. The molecule has 0 aromatic rings. The second-order valence-electron chi connectivity index (χ2n) is 2.55. The van der Waals surface area contributed by atoms with Gasteiger partial charge in [-0.1, -0.05) is 37.5 Å². The monoisotopic (exact) mass is 171 g/mol. The van der Waals surface area contributed by atoms with Crippen molar-refractivity contribution in [3.8, 4) is 6.07 Å². The average molecular weight is 171 g/mol. The first-order chi connectivity index (χ1) is 6.15. The van der Waals surface area contributed by atoms with Gasteiger partial charge in [0.2, 0.25) is 0 Å².